The third-order valence-corrected chi connectivity index (χ3v) is 3.86. The molecule has 1 aromatic carbocycles. The summed E-state index contributed by atoms with van der Waals surface area (Å²) in [4.78, 5) is 10.5. The summed E-state index contributed by atoms with van der Waals surface area (Å²) in [5.74, 6) is 0. The highest BCUT2D eigenvalue weighted by Crippen LogP contribution is 2.35. The first kappa shape index (κ1) is 14.4. The lowest BCUT2D eigenvalue weighted by Gasteiger charge is -2.21. The fourth-order valence-electron chi connectivity index (χ4n) is 2.14. The number of hydrogen-bond acceptors (Lipinski definition) is 4. The van der Waals surface area contributed by atoms with Crippen molar-refractivity contribution in [1.82, 2.24) is 0 Å². The summed E-state index contributed by atoms with van der Waals surface area (Å²) < 4.78 is 5.55. The normalized spacial score (nSPS) is 20.3. The second kappa shape index (κ2) is 5.94. The fraction of sp³-hybridized carbons (Fsp3) is 0.500. The number of nitrogens with zero attached hydrogens (tertiary/aromatic N) is 1. The maximum Gasteiger partial charge on any atom is 0.293 e. The van der Waals surface area contributed by atoms with Crippen LogP contribution in [0.5, 0.6) is 0 Å². The summed E-state index contributed by atoms with van der Waals surface area (Å²) in [5, 5.41) is 14.6. The van der Waals surface area contributed by atoms with Crippen LogP contribution in [-0.2, 0) is 4.74 Å². The summed E-state index contributed by atoms with van der Waals surface area (Å²) in [6, 6.07) is 2.71. The zero-order chi connectivity index (χ0) is 14.0. The third-order valence-electron chi connectivity index (χ3n) is 3.14. The molecule has 2 rings (SSSR count). The Morgan fingerprint density at radius 2 is 2.16 bits per heavy atom. The Bertz CT molecular complexity index is 490. The molecule has 2 atom stereocenters. The maximum atomic E-state index is 11.0. The van der Waals surface area contributed by atoms with Gasteiger partial charge in [0.05, 0.1) is 21.1 Å². The Kier molecular flexibility index (Phi) is 4.50. The quantitative estimate of drug-likeness (QED) is 0.677. The highest BCUT2D eigenvalue weighted by Gasteiger charge is 2.25. The average Bonchev–Trinajstić information content (AvgIpc) is 2.86. The second-order valence-corrected chi connectivity index (χ2v) is 5.34. The first-order chi connectivity index (χ1) is 8.99. The number of nitro benzene ring substituents is 1. The van der Waals surface area contributed by atoms with E-state index in [9.17, 15) is 10.1 Å². The Labute approximate surface area is 121 Å². The van der Waals surface area contributed by atoms with Crippen LogP contribution in [0, 0.1) is 10.1 Å². The molecule has 0 spiro atoms. The molecular weight excluding hydrogens is 291 g/mol. The Morgan fingerprint density at radius 3 is 2.74 bits per heavy atom. The largest absolute Gasteiger partial charge is 0.376 e. The lowest BCUT2D eigenvalue weighted by Crippen LogP contribution is -2.30. The van der Waals surface area contributed by atoms with E-state index in [1.807, 2.05) is 6.92 Å². The van der Waals surface area contributed by atoms with Crippen molar-refractivity contribution in [3.63, 3.8) is 0 Å². The summed E-state index contributed by atoms with van der Waals surface area (Å²) in [5.41, 5.74) is 0.279. The number of halogens is 2. The van der Waals surface area contributed by atoms with Crippen LogP contribution < -0.4 is 5.32 Å². The summed E-state index contributed by atoms with van der Waals surface area (Å²) >= 11 is 11.7. The minimum atomic E-state index is -0.479. The minimum Gasteiger partial charge on any atom is -0.376 e. The molecule has 1 aromatic rings. The van der Waals surface area contributed by atoms with Gasteiger partial charge in [-0.25, -0.2) is 0 Å². The smallest absolute Gasteiger partial charge is 0.293 e. The predicted molar refractivity (Wildman–Crippen MR) is 75.2 cm³/mol. The van der Waals surface area contributed by atoms with Crippen LogP contribution in [0.3, 0.4) is 0 Å². The van der Waals surface area contributed by atoms with Crippen molar-refractivity contribution in [3.05, 3.63) is 32.3 Å². The zero-order valence-electron chi connectivity index (χ0n) is 10.4. The molecule has 7 heteroatoms. The molecule has 1 fully saturated rings. The van der Waals surface area contributed by atoms with E-state index in [0.29, 0.717) is 5.69 Å². The van der Waals surface area contributed by atoms with Crippen LogP contribution in [0.15, 0.2) is 12.1 Å². The van der Waals surface area contributed by atoms with Gasteiger partial charge >= 0.3 is 0 Å². The lowest BCUT2D eigenvalue weighted by molar-refractivity contribution is -0.384. The number of ether oxygens (including phenoxy) is 1. The molecule has 1 aliphatic rings. The van der Waals surface area contributed by atoms with Crippen molar-refractivity contribution in [3.8, 4) is 0 Å². The van der Waals surface area contributed by atoms with Crippen molar-refractivity contribution < 1.29 is 9.66 Å². The SMILES string of the molecule is CC(Nc1cc(Cl)c(Cl)cc1[N+](=O)[O-])C1CCCO1. The van der Waals surface area contributed by atoms with Crippen molar-refractivity contribution in [2.24, 2.45) is 0 Å². The van der Waals surface area contributed by atoms with E-state index in [1.54, 1.807) is 0 Å². The summed E-state index contributed by atoms with van der Waals surface area (Å²) in [6.07, 6.45) is 2.03. The van der Waals surface area contributed by atoms with Gasteiger partial charge in [-0.15, -0.1) is 0 Å². The average molecular weight is 305 g/mol. The molecule has 0 bridgehead atoms. The van der Waals surface area contributed by atoms with E-state index in [0.717, 1.165) is 19.4 Å². The Morgan fingerprint density at radius 1 is 1.47 bits per heavy atom. The molecule has 5 nitrogen and oxygen atoms in total. The van der Waals surface area contributed by atoms with Gasteiger partial charge in [0.1, 0.15) is 5.69 Å². The summed E-state index contributed by atoms with van der Waals surface area (Å²) in [7, 11) is 0. The van der Waals surface area contributed by atoms with Crippen LogP contribution in [0.4, 0.5) is 11.4 Å². The highest BCUT2D eigenvalue weighted by atomic mass is 35.5. The van der Waals surface area contributed by atoms with Gasteiger partial charge in [0.15, 0.2) is 0 Å². The van der Waals surface area contributed by atoms with Gasteiger partial charge in [-0.2, -0.15) is 0 Å². The molecule has 0 radical (unpaired) electrons. The van der Waals surface area contributed by atoms with Crippen LogP contribution >= 0.6 is 23.2 Å². The number of nitrogens with one attached hydrogen (secondary N) is 1. The minimum absolute atomic E-state index is 0.0292. The van der Waals surface area contributed by atoms with Crippen LogP contribution in [0.2, 0.25) is 10.0 Å². The van der Waals surface area contributed by atoms with Crippen molar-refractivity contribution in [2.45, 2.75) is 31.9 Å². The molecule has 1 saturated heterocycles. The molecule has 0 saturated carbocycles. The predicted octanol–water partition coefficient (Wildman–Crippen LogP) is 3.88. The lowest BCUT2D eigenvalue weighted by atomic mass is 10.1. The van der Waals surface area contributed by atoms with Gasteiger partial charge in [0.2, 0.25) is 0 Å². The van der Waals surface area contributed by atoms with Crippen molar-refractivity contribution in [2.75, 3.05) is 11.9 Å². The molecule has 1 N–H and O–H groups in total. The first-order valence-electron chi connectivity index (χ1n) is 6.00. The number of hydrogen-bond donors (Lipinski definition) is 1. The van der Waals surface area contributed by atoms with E-state index in [1.165, 1.54) is 12.1 Å². The molecule has 0 aliphatic carbocycles. The topological polar surface area (TPSA) is 64.4 Å². The maximum absolute atomic E-state index is 11.0. The Hall–Kier alpha value is -1.04. The molecule has 1 heterocycles. The van der Waals surface area contributed by atoms with Gasteiger partial charge in [0, 0.05) is 18.7 Å². The number of anilines is 1. The number of benzene rings is 1. The molecule has 19 heavy (non-hydrogen) atoms. The Balaban J connectivity index is 2.22. The monoisotopic (exact) mass is 304 g/mol. The molecule has 104 valence electrons. The van der Waals surface area contributed by atoms with Gasteiger partial charge in [0.25, 0.3) is 5.69 Å². The van der Waals surface area contributed by atoms with E-state index in [2.05, 4.69) is 5.32 Å². The second-order valence-electron chi connectivity index (χ2n) is 4.53. The van der Waals surface area contributed by atoms with E-state index in [-0.39, 0.29) is 27.9 Å². The first-order valence-corrected chi connectivity index (χ1v) is 6.76. The number of rotatable bonds is 4. The third kappa shape index (κ3) is 3.29. The van der Waals surface area contributed by atoms with Crippen molar-refractivity contribution in [1.29, 1.82) is 0 Å². The summed E-state index contributed by atoms with van der Waals surface area (Å²) in [6.45, 7) is 2.67. The van der Waals surface area contributed by atoms with Gasteiger partial charge in [-0.05, 0) is 25.8 Å². The van der Waals surface area contributed by atoms with Crippen LogP contribution in [0.1, 0.15) is 19.8 Å². The number of nitro groups is 1. The van der Waals surface area contributed by atoms with Crippen LogP contribution in [0.25, 0.3) is 0 Å². The van der Waals surface area contributed by atoms with E-state index < -0.39 is 4.92 Å². The molecule has 0 aromatic heterocycles. The molecule has 1 aliphatic heterocycles. The van der Waals surface area contributed by atoms with Gasteiger partial charge < -0.3 is 10.1 Å². The van der Waals surface area contributed by atoms with E-state index >= 15 is 0 Å². The van der Waals surface area contributed by atoms with Gasteiger partial charge in [-0.3, -0.25) is 10.1 Å². The van der Waals surface area contributed by atoms with E-state index in [4.69, 9.17) is 27.9 Å². The standard InChI is InChI=1S/C12H14Cl2N2O3/c1-7(12-3-2-4-19-12)15-10-5-8(13)9(14)6-11(10)16(17)18/h5-7,12,15H,2-4H2,1H3. The zero-order valence-corrected chi connectivity index (χ0v) is 11.9. The fourth-order valence-corrected chi connectivity index (χ4v) is 2.46. The molecular formula is C12H14Cl2N2O3. The highest BCUT2D eigenvalue weighted by molar-refractivity contribution is 6.42. The molecule has 0 amide bonds. The van der Waals surface area contributed by atoms with Crippen LogP contribution in [-0.4, -0.2) is 23.7 Å². The molecule has 2 unspecified atom stereocenters. The van der Waals surface area contributed by atoms with Crippen molar-refractivity contribution >= 4 is 34.6 Å². The van der Waals surface area contributed by atoms with Gasteiger partial charge in [-0.1, -0.05) is 23.2 Å².